The van der Waals surface area contributed by atoms with Crippen LogP contribution in [-0.4, -0.2) is 13.9 Å². The summed E-state index contributed by atoms with van der Waals surface area (Å²) in [6, 6.07) is 0. The predicted octanol–water partition coefficient (Wildman–Crippen LogP) is 4.43. The summed E-state index contributed by atoms with van der Waals surface area (Å²) in [6.07, 6.45) is 5.62. The van der Waals surface area contributed by atoms with E-state index in [0.29, 0.717) is 18.3 Å². The number of halogens is 4. The van der Waals surface area contributed by atoms with E-state index >= 15 is 0 Å². The van der Waals surface area contributed by atoms with Crippen LogP contribution in [0.1, 0.15) is 25.7 Å². The third-order valence-corrected chi connectivity index (χ3v) is 5.90. The number of fused-ring (bicyclic) bond motifs is 1. The second kappa shape index (κ2) is 5.94. The van der Waals surface area contributed by atoms with Crippen LogP contribution in [0.2, 0.25) is 0 Å². The molecule has 0 aromatic carbocycles. The van der Waals surface area contributed by atoms with E-state index in [1.807, 2.05) is 0 Å². The molecule has 0 aliphatic heterocycles. The van der Waals surface area contributed by atoms with Gasteiger partial charge in [-0.1, -0.05) is 6.58 Å². The first-order valence-electron chi connectivity index (χ1n) is 6.38. The van der Waals surface area contributed by atoms with Gasteiger partial charge in [0.2, 0.25) is 0 Å². The SMILES string of the molecule is C=C1/C(I)=C\C=C(\OS(=O)(=O)C(F)(F)F)CCC2CCC12. The molecule has 2 atom stereocenters. The van der Waals surface area contributed by atoms with Crippen LogP contribution in [0.5, 0.6) is 0 Å². The number of rotatable bonds is 2. The van der Waals surface area contributed by atoms with Crippen LogP contribution in [-0.2, 0) is 14.3 Å². The maximum absolute atomic E-state index is 12.4. The predicted molar refractivity (Wildman–Crippen MR) is 80.8 cm³/mol. The van der Waals surface area contributed by atoms with Gasteiger partial charge in [0, 0.05) is 10.0 Å². The van der Waals surface area contributed by atoms with Crippen molar-refractivity contribution >= 4 is 32.7 Å². The van der Waals surface area contributed by atoms with E-state index in [1.54, 1.807) is 6.08 Å². The zero-order valence-corrected chi connectivity index (χ0v) is 14.0. The summed E-state index contributed by atoms with van der Waals surface area (Å²) in [5, 5.41) is 0. The molecule has 2 aliphatic carbocycles. The summed E-state index contributed by atoms with van der Waals surface area (Å²) in [5.41, 5.74) is -4.45. The quantitative estimate of drug-likeness (QED) is 0.367. The molecule has 0 saturated heterocycles. The fourth-order valence-electron chi connectivity index (χ4n) is 2.49. The van der Waals surface area contributed by atoms with E-state index in [0.717, 1.165) is 22.0 Å². The number of alkyl halides is 3. The highest BCUT2D eigenvalue weighted by molar-refractivity contribution is 14.1. The largest absolute Gasteiger partial charge is 0.534 e. The van der Waals surface area contributed by atoms with Gasteiger partial charge < -0.3 is 4.18 Å². The zero-order valence-electron chi connectivity index (χ0n) is 11.0. The van der Waals surface area contributed by atoms with E-state index in [2.05, 4.69) is 33.4 Å². The van der Waals surface area contributed by atoms with E-state index in [1.165, 1.54) is 6.08 Å². The van der Waals surface area contributed by atoms with Gasteiger partial charge in [-0.3, -0.25) is 0 Å². The molecule has 21 heavy (non-hydrogen) atoms. The van der Waals surface area contributed by atoms with Gasteiger partial charge in [-0.05, 0) is 71.4 Å². The number of hydrogen-bond donors (Lipinski definition) is 0. The summed E-state index contributed by atoms with van der Waals surface area (Å²) in [6.45, 7) is 4.02. The lowest BCUT2D eigenvalue weighted by atomic mass is 9.68. The van der Waals surface area contributed by atoms with Crippen LogP contribution in [0.3, 0.4) is 0 Å². The summed E-state index contributed by atoms with van der Waals surface area (Å²) < 4.78 is 64.3. The molecule has 8 heteroatoms. The Morgan fingerprint density at radius 3 is 2.43 bits per heavy atom. The minimum atomic E-state index is -5.60. The lowest BCUT2D eigenvalue weighted by Gasteiger charge is -2.38. The monoisotopic (exact) mass is 434 g/mol. The first-order valence-corrected chi connectivity index (χ1v) is 8.87. The Bertz CT molecular complexity index is 605. The fourth-order valence-corrected chi connectivity index (χ4v) is 3.59. The second-order valence-electron chi connectivity index (χ2n) is 5.14. The smallest absolute Gasteiger partial charge is 0.381 e. The van der Waals surface area contributed by atoms with Crippen molar-refractivity contribution in [3.8, 4) is 0 Å². The van der Waals surface area contributed by atoms with Gasteiger partial charge in [-0.25, -0.2) is 0 Å². The Kier molecular flexibility index (Phi) is 4.77. The molecular weight excluding hydrogens is 420 g/mol. The van der Waals surface area contributed by atoms with Gasteiger partial charge in [-0.15, -0.1) is 0 Å². The summed E-state index contributed by atoms with van der Waals surface area (Å²) in [5.74, 6) is 0.483. The normalized spacial score (nSPS) is 32.3. The van der Waals surface area contributed by atoms with Gasteiger partial charge >= 0.3 is 15.6 Å². The Morgan fingerprint density at radius 1 is 1.24 bits per heavy atom. The minimum Gasteiger partial charge on any atom is -0.381 e. The first-order chi connectivity index (χ1) is 9.62. The molecule has 0 N–H and O–H groups in total. The molecule has 0 aromatic heterocycles. The highest BCUT2D eigenvalue weighted by Crippen LogP contribution is 2.46. The van der Waals surface area contributed by atoms with Crippen molar-refractivity contribution in [2.24, 2.45) is 11.8 Å². The zero-order chi connectivity index (χ0) is 15.8. The van der Waals surface area contributed by atoms with E-state index in [-0.39, 0.29) is 12.2 Å². The van der Waals surface area contributed by atoms with Crippen molar-refractivity contribution in [3.05, 3.63) is 33.6 Å². The fraction of sp³-hybridized carbons (Fsp3) is 0.538. The van der Waals surface area contributed by atoms with E-state index in [9.17, 15) is 21.6 Å². The van der Waals surface area contributed by atoms with Crippen LogP contribution >= 0.6 is 22.6 Å². The van der Waals surface area contributed by atoms with Crippen LogP contribution in [0.15, 0.2) is 33.6 Å². The average molecular weight is 434 g/mol. The van der Waals surface area contributed by atoms with Crippen molar-refractivity contribution in [2.45, 2.75) is 31.2 Å². The third kappa shape index (κ3) is 3.64. The van der Waals surface area contributed by atoms with Crippen molar-refractivity contribution in [2.75, 3.05) is 0 Å². The minimum absolute atomic E-state index is 0.171. The van der Waals surface area contributed by atoms with Gasteiger partial charge in [0.1, 0.15) is 5.76 Å². The van der Waals surface area contributed by atoms with Crippen molar-refractivity contribution in [3.63, 3.8) is 0 Å². The number of allylic oxidation sites excluding steroid dienone is 5. The molecule has 2 aliphatic rings. The van der Waals surface area contributed by atoms with Crippen molar-refractivity contribution < 1.29 is 25.8 Å². The maximum Gasteiger partial charge on any atom is 0.534 e. The topological polar surface area (TPSA) is 43.4 Å². The van der Waals surface area contributed by atoms with Crippen molar-refractivity contribution in [1.82, 2.24) is 0 Å². The third-order valence-electron chi connectivity index (χ3n) is 3.85. The first kappa shape index (κ1) is 16.9. The summed E-state index contributed by atoms with van der Waals surface area (Å²) in [7, 11) is -5.60. The van der Waals surface area contributed by atoms with Crippen LogP contribution < -0.4 is 0 Å². The van der Waals surface area contributed by atoms with Gasteiger partial charge in [0.25, 0.3) is 0 Å². The van der Waals surface area contributed by atoms with Crippen molar-refractivity contribution in [1.29, 1.82) is 0 Å². The Morgan fingerprint density at radius 2 is 1.90 bits per heavy atom. The Balaban J connectivity index is 2.22. The van der Waals surface area contributed by atoms with Crippen LogP contribution in [0.25, 0.3) is 0 Å². The van der Waals surface area contributed by atoms with E-state index < -0.39 is 15.6 Å². The van der Waals surface area contributed by atoms with Gasteiger partial charge in [-0.2, -0.15) is 21.6 Å². The van der Waals surface area contributed by atoms with Gasteiger partial charge in [0.15, 0.2) is 0 Å². The molecule has 0 bridgehead atoms. The molecule has 0 aromatic rings. The molecule has 2 unspecified atom stereocenters. The lowest BCUT2D eigenvalue weighted by Crippen LogP contribution is -2.28. The lowest BCUT2D eigenvalue weighted by molar-refractivity contribution is -0.0524. The molecule has 3 nitrogen and oxygen atoms in total. The molecule has 0 radical (unpaired) electrons. The average Bonchev–Trinajstić information content (AvgIpc) is 2.34. The van der Waals surface area contributed by atoms with E-state index in [4.69, 9.17) is 0 Å². The molecule has 1 fully saturated rings. The number of hydrogen-bond acceptors (Lipinski definition) is 3. The molecule has 0 amide bonds. The second-order valence-corrected chi connectivity index (χ2v) is 7.84. The molecular formula is C13H14F3IO3S. The highest BCUT2D eigenvalue weighted by Gasteiger charge is 2.49. The molecule has 1 saturated carbocycles. The summed E-state index contributed by atoms with van der Waals surface area (Å²) in [4.78, 5) is 0. The van der Waals surface area contributed by atoms with Crippen LogP contribution in [0, 0.1) is 11.8 Å². The molecule has 118 valence electrons. The van der Waals surface area contributed by atoms with Crippen LogP contribution in [0.4, 0.5) is 13.2 Å². The molecule has 2 rings (SSSR count). The summed E-state index contributed by atoms with van der Waals surface area (Å²) >= 11 is 2.05. The van der Waals surface area contributed by atoms with Gasteiger partial charge in [0.05, 0.1) is 0 Å². The highest BCUT2D eigenvalue weighted by atomic mass is 127. The molecule has 0 heterocycles. The molecule has 0 spiro atoms. The standard InChI is InChI=1S/C13H14F3IO3S/c1-8-11-6-3-9(11)2-4-10(5-7-12(8)17)20-21(18,19)13(14,15)16/h5,7,9,11H,1-4,6H2/b10-5+,12-7+. The Hall–Kier alpha value is -0.510. The maximum atomic E-state index is 12.4. The Labute approximate surface area is 135 Å².